The van der Waals surface area contributed by atoms with Crippen LogP contribution in [0.3, 0.4) is 0 Å². The second kappa shape index (κ2) is 8.34. The van der Waals surface area contributed by atoms with Crippen molar-refractivity contribution in [3.8, 4) is 5.75 Å². The molecule has 2 saturated heterocycles. The lowest BCUT2D eigenvalue weighted by Crippen LogP contribution is -2.47. The molecule has 25 heavy (non-hydrogen) atoms. The Morgan fingerprint density at radius 3 is 2.60 bits per heavy atom. The first-order valence-electron chi connectivity index (χ1n) is 9.12. The standard InChI is InChI=1S/C19H27N3O3/c1-25-17-7-3-2-6-16(17)21-18(23)14-8-11-22(12-9-14)19(24)15-5-4-10-20-13-15/h2-3,6-7,14-15,20H,4-5,8-13H2,1H3,(H,21,23). The van der Waals surface area contributed by atoms with Crippen LogP contribution in [0.15, 0.2) is 24.3 Å². The summed E-state index contributed by atoms with van der Waals surface area (Å²) in [5.74, 6) is 0.964. The fourth-order valence-corrected chi connectivity index (χ4v) is 3.67. The Hall–Kier alpha value is -2.08. The molecule has 0 spiro atoms. The predicted octanol–water partition coefficient (Wildman–Crippen LogP) is 1.87. The number of ether oxygens (including phenoxy) is 1. The summed E-state index contributed by atoms with van der Waals surface area (Å²) in [6.45, 7) is 3.13. The van der Waals surface area contributed by atoms with Gasteiger partial charge in [-0.1, -0.05) is 12.1 Å². The minimum Gasteiger partial charge on any atom is -0.495 e. The topological polar surface area (TPSA) is 70.7 Å². The van der Waals surface area contributed by atoms with Gasteiger partial charge in [-0.05, 0) is 44.4 Å². The average molecular weight is 345 g/mol. The van der Waals surface area contributed by atoms with Crippen molar-refractivity contribution in [1.29, 1.82) is 0 Å². The van der Waals surface area contributed by atoms with Crippen molar-refractivity contribution >= 4 is 17.5 Å². The van der Waals surface area contributed by atoms with Crippen LogP contribution in [0.5, 0.6) is 5.75 Å². The van der Waals surface area contributed by atoms with E-state index in [1.54, 1.807) is 7.11 Å². The molecule has 3 rings (SSSR count). The van der Waals surface area contributed by atoms with Gasteiger partial charge in [-0.15, -0.1) is 0 Å². The quantitative estimate of drug-likeness (QED) is 0.874. The SMILES string of the molecule is COc1ccccc1NC(=O)C1CCN(C(=O)C2CCCNC2)CC1. The minimum absolute atomic E-state index is 0.0101. The summed E-state index contributed by atoms with van der Waals surface area (Å²) in [5, 5.41) is 6.26. The third kappa shape index (κ3) is 4.31. The highest BCUT2D eigenvalue weighted by atomic mass is 16.5. The molecule has 1 atom stereocenters. The molecular weight excluding hydrogens is 318 g/mol. The Morgan fingerprint density at radius 2 is 1.92 bits per heavy atom. The molecule has 2 fully saturated rings. The van der Waals surface area contributed by atoms with Gasteiger partial charge in [0.1, 0.15) is 5.75 Å². The Labute approximate surface area is 148 Å². The maximum atomic E-state index is 12.6. The number of likely N-dealkylation sites (tertiary alicyclic amines) is 1. The first-order valence-corrected chi connectivity index (χ1v) is 9.12. The smallest absolute Gasteiger partial charge is 0.227 e. The number of hydrogen-bond donors (Lipinski definition) is 2. The van der Waals surface area contributed by atoms with Crippen molar-refractivity contribution in [3.63, 3.8) is 0 Å². The Bertz CT molecular complexity index is 606. The van der Waals surface area contributed by atoms with Crippen LogP contribution < -0.4 is 15.4 Å². The number of nitrogens with zero attached hydrogens (tertiary/aromatic N) is 1. The molecule has 1 unspecified atom stereocenters. The van der Waals surface area contributed by atoms with Crippen LogP contribution in [-0.2, 0) is 9.59 Å². The molecule has 1 aromatic carbocycles. The third-order valence-electron chi connectivity index (χ3n) is 5.19. The van der Waals surface area contributed by atoms with Crippen molar-refractivity contribution in [3.05, 3.63) is 24.3 Å². The number of amides is 2. The van der Waals surface area contributed by atoms with Crippen LogP contribution in [0.1, 0.15) is 25.7 Å². The summed E-state index contributed by atoms with van der Waals surface area (Å²) in [6, 6.07) is 7.41. The van der Waals surface area contributed by atoms with E-state index in [4.69, 9.17) is 4.74 Å². The van der Waals surface area contributed by atoms with E-state index >= 15 is 0 Å². The molecule has 6 heteroatoms. The summed E-state index contributed by atoms with van der Waals surface area (Å²) in [6.07, 6.45) is 3.47. The van der Waals surface area contributed by atoms with Gasteiger partial charge in [0.15, 0.2) is 0 Å². The van der Waals surface area contributed by atoms with Crippen LogP contribution in [0.25, 0.3) is 0 Å². The Morgan fingerprint density at radius 1 is 1.16 bits per heavy atom. The predicted molar refractivity (Wildman–Crippen MR) is 96.5 cm³/mol. The molecule has 2 N–H and O–H groups in total. The van der Waals surface area contributed by atoms with E-state index in [2.05, 4.69) is 10.6 Å². The van der Waals surface area contributed by atoms with Gasteiger partial charge in [-0.2, -0.15) is 0 Å². The summed E-state index contributed by atoms with van der Waals surface area (Å²) >= 11 is 0. The van der Waals surface area contributed by atoms with Crippen molar-refractivity contribution in [2.24, 2.45) is 11.8 Å². The average Bonchev–Trinajstić information content (AvgIpc) is 2.68. The highest BCUT2D eigenvalue weighted by Crippen LogP contribution is 2.26. The summed E-state index contributed by atoms with van der Waals surface area (Å²) < 4.78 is 5.28. The molecule has 0 aliphatic carbocycles. The molecule has 0 aromatic heterocycles. The highest BCUT2D eigenvalue weighted by molar-refractivity contribution is 5.94. The summed E-state index contributed by atoms with van der Waals surface area (Å²) in [7, 11) is 1.59. The van der Waals surface area contributed by atoms with E-state index in [1.165, 1.54) is 0 Å². The Balaban J connectivity index is 1.51. The first-order chi connectivity index (χ1) is 12.2. The third-order valence-corrected chi connectivity index (χ3v) is 5.19. The van der Waals surface area contributed by atoms with E-state index in [0.717, 1.165) is 25.9 Å². The van der Waals surface area contributed by atoms with E-state index < -0.39 is 0 Å². The largest absolute Gasteiger partial charge is 0.495 e. The monoisotopic (exact) mass is 345 g/mol. The normalized spacial score (nSPS) is 21.6. The number of benzene rings is 1. The van der Waals surface area contributed by atoms with Gasteiger partial charge in [0.05, 0.1) is 18.7 Å². The van der Waals surface area contributed by atoms with Gasteiger partial charge in [-0.25, -0.2) is 0 Å². The van der Waals surface area contributed by atoms with Gasteiger partial charge in [-0.3, -0.25) is 9.59 Å². The number of carbonyl (C=O) groups excluding carboxylic acids is 2. The minimum atomic E-state index is -0.0570. The highest BCUT2D eigenvalue weighted by Gasteiger charge is 2.31. The van der Waals surface area contributed by atoms with E-state index in [-0.39, 0.29) is 23.7 Å². The van der Waals surface area contributed by atoms with Crippen LogP contribution in [0.2, 0.25) is 0 Å². The fraction of sp³-hybridized carbons (Fsp3) is 0.579. The zero-order valence-electron chi connectivity index (χ0n) is 14.8. The van der Waals surface area contributed by atoms with Crippen LogP contribution in [0, 0.1) is 11.8 Å². The molecule has 0 saturated carbocycles. The Kier molecular flexibility index (Phi) is 5.91. The first kappa shape index (κ1) is 17.7. The zero-order chi connectivity index (χ0) is 17.6. The van der Waals surface area contributed by atoms with Crippen LogP contribution in [0.4, 0.5) is 5.69 Å². The van der Waals surface area contributed by atoms with Crippen molar-refractivity contribution < 1.29 is 14.3 Å². The molecule has 6 nitrogen and oxygen atoms in total. The lowest BCUT2D eigenvalue weighted by atomic mass is 9.93. The van der Waals surface area contributed by atoms with Gasteiger partial charge in [0.2, 0.25) is 11.8 Å². The molecule has 2 aliphatic rings. The van der Waals surface area contributed by atoms with E-state index in [1.807, 2.05) is 29.2 Å². The number of hydrogen-bond acceptors (Lipinski definition) is 4. The van der Waals surface area contributed by atoms with Gasteiger partial charge < -0.3 is 20.3 Å². The van der Waals surface area contributed by atoms with Gasteiger partial charge >= 0.3 is 0 Å². The van der Waals surface area contributed by atoms with Crippen molar-refractivity contribution in [2.45, 2.75) is 25.7 Å². The zero-order valence-corrected chi connectivity index (χ0v) is 14.8. The van der Waals surface area contributed by atoms with Crippen molar-refractivity contribution in [1.82, 2.24) is 10.2 Å². The van der Waals surface area contributed by atoms with E-state index in [9.17, 15) is 9.59 Å². The number of nitrogens with one attached hydrogen (secondary N) is 2. The molecular formula is C19H27N3O3. The van der Waals surface area contributed by atoms with Crippen molar-refractivity contribution in [2.75, 3.05) is 38.6 Å². The fourth-order valence-electron chi connectivity index (χ4n) is 3.67. The number of anilines is 1. The van der Waals surface area contributed by atoms with Gasteiger partial charge in [0.25, 0.3) is 0 Å². The number of piperidine rings is 2. The summed E-state index contributed by atoms with van der Waals surface area (Å²) in [4.78, 5) is 27.0. The second-order valence-corrected chi connectivity index (χ2v) is 6.83. The molecule has 136 valence electrons. The maximum Gasteiger partial charge on any atom is 0.227 e. The molecule has 0 radical (unpaired) electrons. The van der Waals surface area contributed by atoms with Crippen LogP contribution >= 0.6 is 0 Å². The number of carbonyl (C=O) groups is 2. The number of methoxy groups -OCH3 is 1. The summed E-state index contributed by atoms with van der Waals surface area (Å²) in [5.41, 5.74) is 0.696. The van der Waals surface area contributed by atoms with Gasteiger partial charge in [0, 0.05) is 25.6 Å². The maximum absolute atomic E-state index is 12.6. The molecule has 0 bridgehead atoms. The number of rotatable bonds is 4. The van der Waals surface area contributed by atoms with Crippen LogP contribution in [-0.4, -0.2) is 50.0 Å². The second-order valence-electron chi connectivity index (χ2n) is 6.83. The van der Waals surface area contributed by atoms with E-state index in [0.29, 0.717) is 37.4 Å². The molecule has 2 amide bonds. The lowest BCUT2D eigenvalue weighted by Gasteiger charge is -2.34. The molecule has 2 heterocycles. The molecule has 1 aromatic rings. The lowest BCUT2D eigenvalue weighted by molar-refractivity contribution is -0.138. The number of para-hydroxylation sites is 2. The molecule has 2 aliphatic heterocycles.